The summed E-state index contributed by atoms with van der Waals surface area (Å²) in [6.07, 6.45) is 1.14. The SMILES string of the molecule is CN(C)CCNC(CN)CC(C)(C)C. The van der Waals surface area contributed by atoms with Crippen LogP contribution in [0.4, 0.5) is 0 Å². The number of hydrogen-bond donors (Lipinski definition) is 2. The molecule has 0 bridgehead atoms. The molecule has 1 unspecified atom stereocenters. The number of hydrogen-bond acceptors (Lipinski definition) is 3. The van der Waals surface area contributed by atoms with Crippen LogP contribution in [0.1, 0.15) is 27.2 Å². The average Bonchev–Trinajstić information content (AvgIpc) is 1.99. The van der Waals surface area contributed by atoms with E-state index in [9.17, 15) is 0 Å². The maximum atomic E-state index is 5.72. The van der Waals surface area contributed by atoms with Gasteiger partial charge in [0.1, 0.15) is 0 Å². The zero-order valence-corrected chi connectivity index (χ0v) is 10.4. The molecule has 1 atom stereocenters. The fourth-order valence-electron chi connectivity index (χ4n) is 1.47. The molecule has 86 valence electrons. The van der Waals surface area contributed by atoms with Gasteiger partial charge >= 0.3 is 0 Å². The van der Waals surface area contributed by atoms with Gasteiger partial charge in [-0.1, -0.05) is 20.8 Å². The van der Waals surface area contributed by atoms with Gasteiger partial charge in [0.25, 0.3) is 0 Å². The van der Waals surface area contributed by atoms with Gasteiger partial charge in [-0.05, 0) is 25.9 Å². The second kappa shape index (κ2) is 6.38. The number of likely N-dealkylation sites (N-methyl/N-ethyl adjacent to an activating group) is 1. The molecule has 0 aromatic rings. The lowest BCUT2D eigenvalue weighted by Crippen LogP contribution is -2.41. The highest BCUT2D eigenvalue weighted by molar-refractivity contribution is 4.75. The fraction of sp³-hybridized carbons (Fsp3) is 1.00. The molecule has 0 amide bonds. The minimum atomic E-state index is 0.356. The van der Waals surface area contributed by atoms with Gasteiger partial charge in [-0.15, -0.1) is 0 Å². The Morgan fingerprint density at radius 1 is 1.29 bits per heavy atom. The third kappa shape index (κ3) is 8.48. The maximum Gasteiger partial charge on any atom is 0.0195 e. The molecule has 0 aliphatic carbocycles. The largest absolute Gasteiger partial charge is 0.329 e. The van der Waals surface area contributed by atoms with Crippen LogP contribution < -0.4 is 11.1 Å². The fourth-order valence-corrected chi connectivity index (χ4v) is 1.47. The molecule has 0 aromatic carbocycles. The third-order valence-electron chi connectivity index (χ3n) is 2.14. The monoisotopic (exact) mass is 201 g/mol. The molecule has 3 N–H and O–H groups in total. The van der Waals surface area contributed by atoms with Crippen molar-refractivity contribution in [2.75, 3.05) is 33.7 Å². The molecule has 0 fully saturated rings. The first-order valence-corrected chi connectivity index (χ1v) is 5.43. The smallest absolute Gasteiger partial charge is 0.0195 e. The molecule has 0 heterocycles. The van der Waals surface area contributed by atoms with Crippen LogP contribution in [0.25, 0.3) is 0 Å². The Hall–Kier alpha value is -0.120. The van der Waals surface area contributed by atoms with Crippen molar-refractivity contribution in [2.24, 2.45) is 11.1 Å². The molecule has 0 aliphatic rings. The van der Waals surface area contributed by atoms with Crippen molar-refractivity contribution >= 4 is 0 Å². The van der Waals surface area contributed by atoms with E-state index in [4.69, 9.17) is 5.73 Å². The van der Waals surface area contributed by atoms with Gasteiger partial charge in [0.15, 0.2) is 0 Å². The Morgan fingerprint density at radius 2 is 1.86 bits per heavy atom. The molecule has 0 aromatic heterocycles. The number of nitrogens with one attached hydrogen (secondary N) is 1. The molecule has 3 nitrogen and oxygen atoms in total. The van der Waals surface area contributed by atoms with Gasteiger partial charge in [0.05, 0.1) is 0 Å². The van der Waals surface area contributed by atoms with E-state index in [1.807, 2.05) is 0 Å². The predicted octanol–water partition coefficient (Wildman–Crippen LogP) is 0.901. The normalized spacial score (nSPS) is 14.8. The summed E-state index contributed by atoms with van der Waals surface area (Å²) in [6.45, 7) is 9.58. The van der Waals surface area contributed by atoms with Gasteiger partial charge in [-0.3, -0.25) is 0 Å². The van der Waals surface area contributed by atoms with Crippen molar-refractivity contribution in [1.29, 1.82) is 0 Å². The van der Waals surface area contributed by atoms with Crippen LogP contribution in [-0.4, -0.2) is 44.7 Å². The Bertz CT molecular complexity index is 138. The van der Waals surface area contributed by atoms with E-state index < -0.39 is 0 Å². The molecule has 0 spiro atoms. The highest BCUT2D eigenvalue weighted by atomic mass is 15.1. The number of nitrogens with two attached hydrogens (primary N) is 1. The Morgan fingerprint density at radius 3 is 2.21 bits per heavy atom. The van der Waals surface area contributed by atoms with Gasteiger partial charge in [0.2, 0.25) is 0 Å². The first kappa shape index (κ1) is 13.9. The molecule has 0 radical (unpaired) electrons. The second-order valence-corrected chi connectivity index (χ2v) is 5.45. The van der Waals surface area contributed by atoms with Crippen molar-refractivity contribution in [2.45, 2.75) is 33.2 Å². The van der Waals surface area contributed by atoms with Crippen molar-refractivity contribution in [1.82, 2.24) is 10.2 Å². The Balaban J connectivity index is 3.69. The van der Waals surface area contributed by atoms with Crippen molar-refractivity contribution < 1.29 is 0 Å². The van der Waals surface area contributed by atoms with Gasteiger partial charge < -0.3 is 16.0 Å². The lowest BCUT2D eigenvalue weighted by atomic mass is 9.88. The quantitative estimate of drug-likeness (QED) is 0.671. The zero-order valence-electron chi connectivity index (χ0n) is 10.4. The summed E-state index contributed by atoms with van der Waals surface area (Å²) in [6, 6.07) is 0.454. The van der Waals surface area contributed by atoms with Crippen LogP contribution in [0.2, 0.25) is 0 Å². The highest BCUT2D eigenvalue weighted by Gasteiger charge is 2.16. The lowest BCUT2D eigenvalue weighted by Gasteiger charge is -2.26. The van der Waals surface area contributed by atoms with Crippen LogP contribution in [0.15, 0.2) is 0 Å². The lowest BCUT2D eigenvalue weighted by molar-refractivity contribution is 0.300. The van der Waals surface area contributed by atoms with E-state index in [1.54, 1.807) is 0 Å². The van der Waals surface area contributed by atoms with E-state index in [-0.39, 0.29) is 0 Å². The Kier molecular flexibility index (Phi) is 6.33. The first-order valence-electron chi connectivity index (χ1n) is 5.43. The van der Waals surface area contributed by atoms with Crippen molar-refractivity contribution in [3.8, 4) is 0 Å². The van der Waals surface area contributed by atoms with Crippen LogP contribution in [0, 0.1) is 5.41 Å². The molecular weight excluding hydrogens is 174 g/mol. The average molecular weight is 201 g/mol. The molecule has 14 heavy (non-hydrogen) atoms. The molecule has 0 rings (SSSR count). The third-order valence-corrected chi connectivity index (χ3v) is 2.14. The summed E-state index contributed by atoms with van der Waals surface area (Å²) in [7, 11) is 4.17. The summed E-state index contributed by atoms with van der Waals surface area (Å²) < 4.78 is 0. The first-order chi connectivity index (χ1) is 6.35. The summed E-state index contributed by atoms with van der Waals surface area (Å²) in [4.78, 5) is 2.18. The summed E-state index contributed by atoms with van der Waals surface area (Å²) in [5.41, 5.74) is 6.08. The highest BCUT2D eigenvalue weighted by Crippen LogP contribution is 2.20. The van der Waals surface area contributed by atoms with E-state index in [2.05, 4.69) is 45.1 Å². The van der Waals surface area contributed by atoms with Crippen molar-refractivity contribution in [3.05, 3.63) is 0 Å². The summed E-state index contributed by atoms with van der Waals surface area (Å²) in [5, 5.41) is 3.49. The molecule has 0 saturated heterocycles. The molecule has 0 saturated carbocycles. The van der Waals surface area contributed by atoms with E-state index >= 15 is 0 Å². The van der Waals surface area contributed by atoms with Gasteiger partial charge in [0, 0.05) is 25.7 Å². The van der Waals surface area contributed by atoms with E-state index in [1.165, 1.54) is 0 Å². The van der Waals surface area contributed by atoms with Crippen LogP contribution >= 0.6 is 0 Å². The Labute approximate surface area is 89.0 Å². The van der Waals surface area contributed by atoms with Crippen LogP contribution in [-0.2, 0) is 0 Å². The van der Waals surface area contributed by atoms with Gasteiger partial charge in [-0.2, -0.15) is 0 Å². The van der Waals surface area contributed by atoms with Crippen LogP contribution in [0.3, 0.4) is 0 Å². The maximum absolute atomic E-state index is 5.72. The minimum Gasteiger partial charge on any atom is -0.329 e. The van der Waals surface area contributed by atoms with E-state index in [0.717, 1.165) is 26.1 Å². The topological polar surface area (TPSA) is 41.3 Å². The molecule has 0 aliphatic heterocycles. The number of rotatable bonds is 6. The van der Waals surface area contributed by atoms with Gasteiger partial charge in [-0.25, -0.2) is 0 Å². The van der Waals surface area contributed by atoms with E-state index in [0.29, 0.717) is 11.5 Å². The standard InChI is InChI=1S/C11H27N3/c1-11(2,3)8-10(9-12)13-6-7-14(4)5/h10,13H,6-9,12H2,1-5H3. The van der Waals surface area contributed by atoms with Crippen molar-refractivity contribution in [3.63, 3.8) is 0 Å². The molecular formula is C11H27N3. The summed E-state index contributed by atoms with van der Waals surface area (Å²) >= 11 is 0. The second-order valence-electron chi connectivity index (χ2n) is 5.45. The number of nitrogens with zero attached hydrogens (tertiary/aromatic N) is 1. The predicted molar refractivity (Wildman–Crippen MR) is 63.5 cm³/mol. The molecule has 3 heteroatoms. The zero-order chi connectivity index (χ0) is 11.2. The van der Waals surface area contributed by atoms with Crippen LogP contribution in [0.5, 0.6) is 0 Å². The minimum absolute atomic E-state index is 0.356. The summed E-state index contributed by atoms with van der Waals surface area (Å²) in [5.74, 6) is 0.